The first kappa shape index (κ1) is 16.7. The highest BCUT2D eigenvalue weighted by molar-refractivity contribution is 5.93. The molecule has 0 aliphatic heterocycles. The van der Waals surface area contributed by atoms with Crippen LogP contribution in [0.5, 0.6) is 0 Å². The normalized spacial score (nSPS) is 23.0. The second kappa shape index (κ2) is 7.54. The van der Waals surface area contributed by atoms with Gasteiger partial charge in [0, 0.05) is 12.2 Å². The second-order valence-corrected chi connectivity index (χ2v) is 6.29. The first-order valence-electron chi connectivity index (χ1n) is 8.09. The third-order valence-electron chi connectivity index (χ3n) is 4.40. The number of amides is 1. The Morgan fingerprint density at radius 2 is 2.14 bits per heavy atom. The van der Waals surface area contributed by atoms with Crippen molar-refractivity contribution in [3.63, 3.8) is 0 Å². The van der Waals surface area contributed by atoms with Gasteiger partial charge in [0.2, 0.25) is 5.95 Å². The van der Waals surface area contributed by atoms with Gasteiger partial charge >= 0.3 is 0 Å². The minimum atomic E-state index is -0.481. The number of aliphatic hydroxyl groups is 1. The molecule has 6 nitrogen and oxygen atoms in total. The maximum Gasteiger partial charge on any atom is 0.252 e. The summed E-state index contributed by atoms with van der Waals surface area (Å²) in [6.45, 7) is 4.24. The Labute approximate surface area is 131 Å². The van der Waals surface area contributed by atoms with E-state index in [4.69, 9.17) is 5.73 Å². The Morgan fingerprint density at radius 1 is 1.45 bits per heavy atom. The van der Waals surface area contributed by atoms with E-state index < -0.39 is 5.91 Å². The molecule has 0 aromatic carbocycles. The van der Waals surface area contributed by atoms with Crippen LogP contribution in [0.2, 0.25) is 0 Å². The molecule has 0 unspecified atom stereocenters. The predicted molar refractivity (Wildman–Crippen MR) is 85.6 cm³/mol. The maximum absolute atomic E-state index is 11.5. The first-order valence-corrected chi connectivity index (χ1v) is 8.09. The van der Waals surface area contributed by atoms with Gasteiger partial charge in [-0.2, -0.15) is 0 Å². The largest absolute Gasteiger partial charge is 0.393 e. The molecule has 1 heterocycles. The zero-order valence-corrected chi connectivity index (χ0v) is 13.4. The van der Waals surface area contributed by atoms with Crippen LogP contribution in [-0.2, 0) is 6.42 Å². The Kier molecular flexibility index (Phi) is 5.71. The van der Waals surface area contributed by atoms with E-state index in [0.717, 1.165) is 44.2 Å². The lowest BCUT2D eigenvalue weighted by Gasteiger charge is -2.26. The van der Waals surface area contributed by atoms with Crippen LogP contribution in [0.25, 0.3) is 0 Å². The lowest BCUT2D eigenvalue weighted by molar-refractivity contribution is 0.0998. The van der Waals surface area contributed by atoms with Crippen LogP contribution in [0.3, 0.4) is 0 Å². The Bertz CT molecular complexity index is 513. The van der Waals surface area contributed by atoms with E-state index in [0.29, 0.717) is 17.4 Å². The highest BCUT2D eigenvalue weighted by Crippen LogP contribution is 2.22. The van der Waals surface area contributed by atoms with Gasteiger partial charge in [-0.05, 0) is 38.0 Å². The maximum atomic E-state index is 11.5. The van der Waals surface area contributed by atoms with Crippen molar-refractivity contribution in [2.45, 2.75) is 64.5 Å². The number of aliphatic hydroxyl groups excluding tert-OH is 1. The highest BCUT2D eigenvalue weighted by Gasteiger charge is 2.21. The second-order valence-electron chi connectivity index (χ2n) is 6.29. The standard InChI is InChI=1S/C16H26N4O2/c1-3-10(2)8-14-13(15(17)22)9-18-16(20-14)19-11-4-6-12(21)7-5-11/h9-12,21H,3-8H2,1-2H3,(H2,17,22)(H,18,19,20)/t10-,11?,12?/m1/s1. The first-order chi connectivity index (χ1) is 10.5. The Morgan fingerprint density at radius 3 is 2.73 bits per heavy atom. The number of hydrogen-bond donors (Lipinski definition) is 3. The smallest absolute Gasteiger partial charge is 0.252 e. The number of nitrogens with one attached hydrogen (secondary N) is 1. The number of rotatable bonds is 6. The molecular formula is C16H26N4O2. The predicted octanol–water partition coefficient (Wildman–Crippen LogP) is 1.88. The van der Waals surface area contributed by atoms with Gasteiger partial charge in [0.05, 0.1) is 17.4 Å². The third kappa shape index (κ3) is 4.40. The van der Waals surface area contributed by atoms with Crippen LogP contribution in [0.1, 0.15) is 62.0 Å². The van der Waals surface area contributed by atoms with Crippen molar-refractivity contribution in [3.8, 4) is 0 Å². The van der Waals surface area contributed by atoms with Crippen LogP contribution in [-0.4, -0.2) is 33.1 Å². The fourth-order valence-electron chi connectivity index (χ4n) is 2.73. The van der Waals surface area contributed by atoms with Crippen LogP contribution in [0.15, 0.2) is 6.20 Å². The molecular weight excluding hydrogens is 280 g/mol. The molecule has 1 aromatic rings. The van der Waals surface area contributed by atoms with E-state index >= 15 is 0 Å². The van der Waals surface area contributed by atoms with Crippen molar-refractivity contribution in [2.24, 2.45) is 11.7 Å². The van der Waals surface area contributed by atoms with Gasteiger partial charge in [-0.1, -0.05) is 20.3 Å². The molecule has 1 aliphatic carbocycles. The van der Waals surface area contributed by atoms with Crippen molar-refractivity contribution in [1.82, 2.24) is 9.97 Å². The molecule has 1 fully saturated rings. The van der Waals surface area contributed by atoms with Crippen LogP contribution < -0.4 is 11.1 Å². The number of carbonyl (C=O) groups excluding carboxylic acids is 1. The fraction of sp³-hybridized carbons (Fsp3) is 0.688. The summed E-state index contributed by atoms with van der Waals surface area (Å²) in [4.78, 5) is 20.3. The molecule has 22 heavy (non-hydrogen) atoms. The number of carbonyl (C=O) groups is 1. The number of primary amides is 1. The highest BCUT2D eigenvalue weighted by atomic mass is 16.3. The van der Waals surface area contributed by atoms with Gasteiger partial charge in [0.25, 0.3) is 5.91 Å². The third-order valence-corrected chi connectivity index (χ3v) is 4.40. The summed E-state index contributed by atoms with van der Waals surface area (Å²) in [7, 11) is 0. The number of nitrogens with zero attached hydrogens (tertiary/aromatic N) is 2. The summed E-state index contributed by atoms with van der Waals surface area (Å²) in [6.07, 6.45) is 6.49. The van der Waals surface area contributed by atoms with E-state index in [1.165, 1.54) is 6.20 Å². The summed E-state index contributed by atoms with van der Waals surface area (Å²) >= 11 is 0. The lowest BCUT2D eigenvalue weighted by atomic mass is 9.93. The average molecular weight is 306 g/mol. The molecule has 0 bridgehead atoms. The molecule has 0 radical (unpaired) electrons. The van der Waals surface area contributed by atoms with Gasteiger partial charge in [-0.3, -0.25) is 4.79 Å². The van der Waals surface area contributed by atoms with E-state index in [9.17, 15) is 9.90 Å². The SMILES string of the molecule is CC[C@@H](C)Cc1nc(NC2CCC(O)CC2)ncc1C(N)=O. The molecule has 0 spiro atoms. The molecule has 1 amide bonds. The Hall–Kier alpha value is -1.69. The summed E-state index contributed by atoms with van der Waals surface area (Å²) in [6, 6.07) is 0.277. The van der Waals surface area contributed by atoms with Crippen LogP contribution >= 0.6 is 0 Å². The molecule has 1 saturated carbocycles. The van der Waals surface area contributed by atoms with Crippen LogP contribution in [0.4, 0.5) is 5.95 Å². The van der Waals surface area contributed by atoms with E-state index in [1.54, 1.807) is 0 Å². The van der Waals surface area contributed by atoms with E-state index in [2.05, 4.69) is 29.1 Å². The zero-order valence-electron chi connectivity index (χ0n) is 13.4. The van der Waals surface area contributed by atoms with Gasteiger partial charge < -0.3 is 16.2 Å². The zero-order chi connectivity index (χ0) is 16.1. The topological polar surface area (TPSA) is 101 Å². The van der Waals surface area contributed by atoms with Gasteiger partial charge in [0.1, 0.15) is 0 Å². The van der Waals surface area contributed by atoms with E-state index in [1.807, 2.05) is 0 Å². The van der Waals surface area contributed by atoms with E-state index in [-0.39, 0.29) is 12.1 Å². The average Bonchev–Trinajstić information content (AvgIpc) is 2.49. The minimum absolute atomic E-state index is 0.183. The molecule has 2 rings (SSSR count). The summed E-state index contributed by atoms with van der Waals surface area (Å²) in [5.74, 6) is 0.501. The summed E-state index contributed by atoms with van der Waals surface area (Å²) in [5.41, 5.74) is 6.54. The summed E-state index contributed by atoms with van der Waals surface area (Å²) in [5, 5.41) is 12.9. The fourth-order valence-corrected chi connectivity index (χ4v) is 2.73. The molecule has 122 valence electrons. The Balaban J connectivity index is 2.11. The van der Waals surface area contributed by atoms with Gasteiger partial charge in [-0.15, -0.1) is 0 Å². The molecule has 6 heteroatoms. The monoisotopic (exact) mass is 306 g/mol. The number of aromatic nitrogens is 2. The van der Waals surface area contributed by atoms with Gasteiger partial charge in [0.15, 0.2) is 0 Å². The van der Waals surface area contributed by atoms with Crippen molar-refractivity contribution in [1.29, 1.82) is 0 Å². The molecule has 4 N–H and O–H groups in total. The lowest BCUT2D eigenvalue weighted by Crippen LogP contribution is -2.29. The quantitative estimate of drug-likeness (QED) is 0.745. The summed E-state index contributed by atoms with van der Waals surface area (Å²) < 4.78 is 0. The number of hydrogen-bond acceptors (Lipinski definition) is 5. The minimum Gasteiger partial charge on any atom is -0.393 e. The van der Waals surface area contributed by atoms with Crippen LogP contribution in [0, 0.1) is 5.92 Å². The van der Waals surface area contributed by atoms with Crippen molar-refractivity contribution >= 4 is 11.9 Å². The molecule has 1 aromatic heterocycles. The van der Waals surface area contributed by atoms with Crippen molar-refractivity contribution < 1.29 is 9.90 Å². The number of nitrogens with two attached hydrogens (primary N) is 1. The van der Waals surface area contributed by atoms with Gasteiger partial charge in [-0.25, -0.2) is 9.97 Å². The number of anilines is 1. The van der Waals surface area contributed by atoms with Crippen molar-refractivity contribution in [3.05, 3.63) is 17.5 Å². The molecule has 0 saturated heterocycles. The molecule has 1 aliphatic rings. The van der Waals surface area contributed by atoms with Crippen molar-refractivity contribution in [2.75, 3.05) is 5.32 Å². The molecule has 1 atom stereocenters.